The molecule has 1 heterocycles. The van der Waals surface area contributed by atoms with Gasteiger partial charge < -0.3 is 5.32 Å². The van der Waals surface area contributed by atoms with Crippen LogP contribution >= 0.6 is 23.4 Å². The van der Waals surface area contributed by atoms with Crippen molar-refractivity contribution in [3.05, 3.63) is 21.6 Å². The molecule has 17 heavy (non-hydrogen) atoms. The minimum absolute atomic E-state index is 0.224. The average Bonchev–Trinajstić information content (AvgIpc) is 2.34. The smallest absolute Gasteiger partial charge is 0.287 e. The SMILES string of the molecule is CCC(CSC)Nc1cnn(CC)c(=O)c1Cl. The maximum absolute atomic E-state index is 11.8. The Morgan fingerprint density at radius 1 is 1.59 bits per heavy atom. The first kappa shape index (κ1) is 14.4. The molecule has 1 N–H and O–H groups in total. The predicted octanol–water partition coefficient (Wildman–Crippen LogP) is 2.47. The molecule has 0 saturated heterocycles. The van der Waals surface area contributed by atoms with E-state index in [-0.39, 0.29) is 10.6 Å². The van der Waals surface area contributed by atoms with Crippen molar-refractivity contribution in [2.24, 2.45) is 0 Å². The van der Waals surface area contributed by atoms with Gasteiger partial charge in [0, 0.05) is 18.3 Å². The van der Waals surface area contributed by atoms with Crippen LogP contribution in [0.4, 0.5) is 5.69 Å². The van der Waals surface area contributed by atoms with Crippen LogP contribution in [0, 0.1) is 0 Å². The van der Waals surface area contributed by atoms with E-state index in [1.54, 1.807) is 18.0 Å². The molecule has 0 aliphatic carbocycles. The number of hydrogen-bond donors (Lipinski definition) is 1. The Labute approximate surface area is 111 Å². The van der Waals surface area contributed by atoms with Gasteiger partial charge in [-0.3, -0.25) is 4.79 Å². The molecular formula is C11H18ClN3OS. The minimum atomic E-state index is -0.238. The topological polar surface area (TPSA) is 46.9 Å². The van der Waals surface area contributed by atoms with Gasteiger partial charge in [0.25, 0.3) is 5.56 Å². The van der Waals surface area contributed by atoms with E-state index in [1.165, 1.54) is 4.68 Å². The first-order chi connectivity index (χ1) is 8.13. The summed E-state index contributed by atoms with van der Waals surface area (Å²) in [6.07, 6.45) is 4.66. The van der Waals surface area contributed by atoms with Gasteiger partial charge in [-0.15, -0.1) is 0 Å². The van der Waals surface area contributed by atoms with E-state index in [9.17, 15) is 4.79 Å². The molecule has 0 bridgehead atoms. The highest BCUT2D eigenvalue weighted by Gasteiger charge is 2.12. The van der Waals surface area contributed by atoms with Crippen molar-refractivity contribution in [1.82, 2.24) is 9.78 Å². The summed E-state index contributed by atoms with van der Waals surface area (Å²) in [5.74, 6) is 0.976. The fourth-order valence-corrected chi connectivity index (χ4v) is 2.40. The maximum Gasteiger partial charge on any atom is 0.287 e. The molecule has 1 unspecified atom stereocenters. The lowest BCUT2D eigenvalue weighted by Crippen LogP contribution is -2.27. The Morgan fingerprint density at radius 3 is 2.82 bits per heavy atom. The summed E-state index contributed by atoms with van der Waals surface area (Å²) in [5, 5.41) is 7.54. The first-order valence-corrected chi connectivity index (χ1v) is 7.42. The van der Waals surface area contributed by atoms with Crippen LogP contribution in [-0.2, 0) is 6.54 Å². The molecule has 4 nitrogen and oxygen atoms in total. The fourth-order valence-electron chi connectivity index (χ4n) is 1.47. The van der Waals surface area contributed by atoms with Crippen molar-refractivity contribution in [2.75, 3.05) is 17.3 Å². The molecule has 6 heteroatoms. The molecule has 1 aromatic heterocycles. The second kappa shape index (κ2) is 6.91. The number of nitrogens with one attached hydrogen (secondary N) is 1. The highest BCUT2D eigenvalue weighted by atomic mass is 35.5. The van der Waals surface area contributed by atoms with Crippen LogP contribution in [0.1, 0.15) is 20.3 Å². The molecule has 0 aromatic carbocycles. The molecule has 0 radical (unpaired) electrons. The molecule has 1 atom stereocenters. The largest absolute Gasteiger partial charge is 0.379 e. The molecule has 0 saturated carbocycles. The lowest BCUT2D eigenvalue weighted by molar-refractivity contribution is 0.615. The van der Waals surface area contributed by atoms with Crippen LogP contribution in [0.5, 0.6) is 0 Å². The Hall–Kier alpha value is -0.680. The molecule has 1 rings (SSSR count). The second-order valence-electron chi connectivity index (χ2n) is 3.70. The number of rotatable bonds is 6. The lowest BCUT2D eigenvalue weighted by atomic mass is 10.2. The Kier molecular flexibility index (Phi) is 5.85. The van der Waals surface area contributed by atoms with Gasteiger partial charge >= 0.3 is 0 Å². The molecule has 0 amide bonds. The summed E-state index contributed by atoms with van der Waals surface area (Å²) in [6, 6.07) is 0.307. The molecule has 0 aliphatic rings. The third-order valence-electron chi connectivity index (χ3n) is 2.50. The van der Waals surface area contributed by atoms with E-state index < -0.39 is 0 Å². The van der Waals surface area contributed by atoms with Crippen molar-refractivity contribution < 1.29 is 0 Å². The molecular weight excluding hydrogens is 258 g/mol. The van der Waals surface area contributed by atoms with Gasteiger partial charge in [-0.1, -0.05) is 18.5 Å². The van der Waals surface area contributed by atoms with Gasteiger partial charge in [-0.05, 0) is 19.6 Å². The van der Waals surface area contributed by atoms with Gasteiger partial charge in [0.15, 0.2) is 0 Å². The van der Waals surface area contributed by atoms with Crippen LogP contribution in [0.3, 0.4) is 0 Å². The van der Waals surface area contributed by atoms with E-state index in [1.807, 2.05) is 6.92 Å². The lowest BCUT2D eigenvalue weighted by Gasteiger charge is -2.17. The number of anilines is 1. The fraction of sp³-hybridized carbons (Fsp3) is 0.636. The first-order valence-electron chi connectivity index (χ1n) is 5.65. The van der Waals surface area contributed by atoms with Crippen molar-refractivity contribution in [3.63, 3.8) is 0 Å². The summed E-state index contributed by atoms with van der Waals surface area (Å²) in [5.41, 5.74) is 0.389. The van der Waals surface area contributed by atoms with Gasteiger partial charge in [0.05, 0.1) is 11.9 Å². The molecule has 96 valence electrons. The zero-order valence-electron chi connectivity index (χ0n) is 10.4. The van der Waals surface area contributed by atoms with Crippen LogP contribution in [0.15, 0.2) is 11.0 Å². The van der Waals surface area contributed by atoms with Crippen LogP contribution in [-0.4, -0.2) is 27.8 Å². The Bertz CT molecular complexity index is 422. The zero-order chi connectivity index (χ0) is 12.8. The van der Waals surface area contributed by atoms with Gasteiger partial charge in [0.2, 0.25) is 0 Å². The number of aryl methyl sites for hydroxylation is 1. The third kappa shape index (κ3) is 3.64. The zero-order valence-corrected chi connectivity index (χ0v) is 11.9. The molecule has 0 fully saturated rings. The third-order valence-corrected chi connectivity index (χ3v) is 3.61. The van der Waals surface area contributed by atoms with Crippen LogP contribution < -0.4 is 10.9 Å². The summed E-state index contributed by atoms with van der Waals surface area (Å²) < 4.78 is 1.35. The quantitative estimate of drug-likeness (QED) is 0.866. The van der Waals surface area contributed by atoms with E-state index in [0.29, 0.717) is 18.3 Å². The predicted molar refractivity (Wildman–Crippen MR) is 75.3 cm³/mol. The number of thioether (sulfide) groups is 1. The van der Waals surface area contributed by atoms with E-state index in [0.717, 1.165) is 12.2 Å². The van der Waals surface area contributed by atoms with Crippen molar-refractivity contribution >= 4 is 29.1 Å². The molecule has 0 aliphatic heterocycles. The van der Waals surface area contributed by atoms with Crippen LogP contribution in [0.2, 0.25) is 5.02 Å². The summed E-state index contributed by atoms with van der Waals surface area (Å²) in [4.78, 5) is 11.8. The molecule has 1 aromatic rings. The van der Waals surface area contributed by atoms with Crippen molar-refractivity contribution in [3.8, 4) is 0 Å². The van der Waals surface area contributed by atoms with E-state index in [4.69, 9.17) is 11.6 Å². The summed E-state index contributed by atoms with van der Waals surface area (Å²) in [7, 11) is 0. The van der Waals surface area contributed by atoms with Gasteiger partial charge in [-0.2, -0.15) is 16.9 Å². The van der Waals surface area contributed by atoms with E-state index >= 15 is 0 Å². The minimum Gasteiger partial charge on any atom is -0.379 e. The summed E-state index contributed by atoms with van der Waals surface area (Å²) >= 11 is 7.80. The number of aromatic nitrogens is 2. The highest BCUT2D eigenvalue weighted by Crippen LogP contribution is 2.18. The second-order valence-corrected chi connectivity index (χ2v) is 4.99. The Balaban J connectivity index is 2.92. The average molecular weight is 276 g/mol. The number of nitrogens with zero attached hydrogens (tertiary/aromatic N) is 2. The normalized spacial score (nSPS) is 12.5. The van der Waals surface area contributed by atoms with Crippen LogP contribution in [0.25, 0.3) is 0 Å². The van der Waals surface area contributed by atoms with E-state index in [2.05, 4.69) is 23.6 Å². The van der Waals surface area contributed by atoms with Gasteiger partial charge in [0.1, 0.15) is 5.02 Å². The van der Waals surface area contributed by atoms with Crippen molar-refractivity contribution in [1.29, 1.82) is 0 Å². The monoisotopic (exact) mass is 275 g/mol. The number of halogens is 1. The Morgan fingerprint density at radius 2 is 2.29 bits per heavy atom. The standard InChI is InChI=1S/C11H18ClN3OS/c1-4-8(7-17-3)14-9-6-13-15(5-2)11(16)10(9)12/h6,8,14H,4-5,7H2,1-3H3. The molecule has 0 spiro atoms. The highest BCUT2D eigenvalue weighted by molar-refractivity contribution is 7.98. The number of hydrogen-bond acceptors (Lipinski definition) is 4. The van der Waals surface area contributed by atoms with Gasteiger partial charge in [-0.25, -0.2) is 4.68 Å². The maximum atomic E-state index is 11.8. The van der Waals surface area contributed by atoms with Crippen molar-refractivity contribution in [2.45, 2.75) is 32.9 Å². The summed E-state index contributed by atoms with van der Waals surface area (Å²) in [6.45, 7) is 4.49.